The molecule has 2 heterocycles. The second kappa shape index (κ2) is 8.17. The van der Waals surface area contributed by atoms with Crippen molar-refractivity contribution in [1.82, 2.24) is 15.2 Å². The Morgan fingerprint density at radius 3 is 2.85 bits per heavy atom. The van der Waals surface area contributed by atoms with E-state index >= 15 is 0 Å². The van der Waals surface area contributed by atoms with Gasteiger partial charge in [-0.3, -0.25) is 4.99 Å². The molecule has 0 saturated carbocycles. The molecule has 0 aliphatic carbocycles. The zero-order chi connectivity index (χ0) is 18.5. The monoisotopic (exact) mass is 356 g/mol. The van der Waals surface area contributed by atoms with E-state index in [-0.39, 0.29) is 6.10 Å². The Kier molecular flexibility index (Phi) is 5.71. The molecule has 2 aromatic rings. The third-order valence-electron chi connectivity index (χ3n) is 4.40. The SMILES string of the molecule is CCOc1cc2c(cc1CNC(=NC)NCc1ccn(C)c1)OC(C)C2. The lowest BCUT2D eigenvalue weighted by Crippen LogP contribution is -2.36. The van der Waals surface area contributed by atoms with E-state index in [1.54, 1.807) is 7.05 Å². The van der Waals surface area contributed by atoms with E-state index in [2.05, 4.69) is 46.9 Å². The summed E-state index contributed by atoms with van der Waals surface area (Å²) in [5.74, 6) is 2.63. The Labute approximate surface area is 155 Å². The summed E-state index contributed by atoms with van der Waals surface area (Å²) in [5, 5.41) is 6.69. The van der Waals surface area contributed by atoms with Crippen LogP contribution >= 0.6 is 0 Å². The minimum atomic E-state index is 0.225. The molecule has 1 unspecified atom stereocenters. The normalized spacial score (nSPS) is 16.2. The standard InChI is InChI=1S/C20H28N4O2/c1-5-25-18-9-16-8-14(2)26-19(16)10-17(18)12-23-20(21-3)22-11-15-6-7-24(4)13-15/h6-7,9-10,13-14H,5,8,11-12H2,1-4H3,(H2,21,22,23). The summed E-state index contributed by atoms with van der Waals surface area (Å²) in [6.45, 7) is 6.08. The van der Waals surface area contributed by atoms with Gasteiger partial charge in [-0.2, -0.15) is 0 Å². The molecule has 1 aromatic carbocycles. The summed E-state index contributed by atoms with van der Waals surface area (Å²) in [7, 11) is 3.79. The molecule has 3 rings (SSSR count). The van der Waals surface area contributed by atoms with E-state index in [1.165, 1.54) is 11.1 Å². The molecular weight excluding hydrogens is 328 g/mol. The maximum Gasteiger partial charge on any atom is 0.191 e. The van der Waals surface area contributed by atoms with Crippen molar-refractivity contribution in [2.45, 2.75) is 39.5 Å². The molecule has 26 heavy (non-hydrogen) atoms. The quantitative estimate of drug-likeness (QED) is 0.617. The first-order valence-electron chi connectivity index (χ1n) is 9.09. The van der Waals surface area contributed by atoms with Gasteiger partial charge in [-0.25, -0.2) is 0 Å². The molecule has 1 aromatic heterocycles. The molecule has 0 radical (unpaired) electrons. The number of hydrogen-bond donors (Lipinski definition) is 2. The minimum Gasteiger partial charge on any atom is -0.494 e. The van der Waals surface area contributed by atoms with Gasteiger partial charge in [0.05, 0.1) is 6.61 Å². The molecule has 1 atom stereocenters. The molecule has 1 aliphatic heterocycles. The Morgan fingerprint density at radius 1 is 1.35 bits per heavy atom. The summed E-state index contributed by atoms with van der Waals surface area (Å²) in [4.78, 5) is 4.30. The molecule has 1 aliphatic rings. The van der Waals surface area contributed by atoms with Crippen LogP contribution in [0.25, 0.3) is 0 Å². The first kappa shape index (κ1) is 18.2. The predicted octanol–water partition coefficient (Wildman–Crippen LogP) is 2.61. The van der Waals surface area contributed by atoms with Crippen LogP contribution in [-0.2, 0) is 26.6 Å². The first-order chi connectivity index (χ1) is 12.6. The van der Waals surface area contributed by atoms with Gasteiger partial charge in [0.2, 0.25) is 0 Å². The molecule has 0 bridgehead atoms. The largest absolute Gasteiger partial charge is 0.494 e. The first-order valence-corrected chi connectivity index (χ1v) is 9.09. The number of hydrogen-bond acceptors (Lipinski definition) is 3. The maximum atomic E-state index is 5.89. The van der Waals surface area contributed by atoms with Crippen LogP contribution in [0.3, 0.4) is 0 Å². The smallest absolute Gasteiger partial charge is 0.191 e. The van der Waals surface area contributed by atoms with Crippen LogP contribution < -0.4 is 20.1 Å². The highest BCUT2D eigenvalue weighted by Gasteiger charge is 2.21. The van der Waals surface area contributed by atoms with Crippen molar-refractivity contribution in [1.29, 1.82) is 0 Å². The lowest BCUT2D eigenvalue weighted by Gasteiger charge is -2.15. The molecular formula is C20H28N4O2. The minimum absolute atomic E-state index is 0.225. The van der Waals surface area contributed by atoms with E-state index in [1.807, 2.05) is 24.7 Å². The maximum absolute atomic E-state index is 5.89. The van der Waals surface area contributed by atoms with Gasteiger partial charge >= 0.3 is 0 Å². The van der Waals surface area contributed by atoms with Gasteiger partial charge in [-0.1, -0.05) is 0 Å². The molecule has 2 N–H and O–H groups in total. The van der Waals surface area contributed by atoms with Crippen molar-refractivity contribution in [2.24, 2.45) is 12.0 Å². The lowest BCUT2D eigenvalue weighted by molar-refractivity contribution is 0.254. The Morgan fingerprint density at radius 2 is 2.15 bits per heavy atom. The number of aryl methyl sites for hydroxylation is 1. The fourth-order valence-corrected chi connectivity index (χ4v) is 3.16. The second-order valence-corrected chi connectivity index (χ2v) is 6.60. The average molecular weight is 356 g/mol. The van der Waals surface area contributed by atoms with Crippen LogP contribution in [0.15, 0.2) is 35.6 Å². The van der Waals surface area contributed by atoms with Gasteiger partial charge in [0.15, 0.2) is 5.96 Å². The van der Waals surface area contributed by atoms with Crippen molar-refractivity contribution >= 4 is 5.96 Å². The second-order valence-electron chi connectivity index (χ2n) is 6.60. The molecule has 0 amide bonds. The van der Waals surface area contributed by atoms with Crippen LogP contribution in [0.2, 0.25) is 0 Å². The number of guanidine groups is 1. The van der Waals surface area contributed by atoms with E-state index in [4.69, 9.17) is 9.47 Å². The van der Waals surface area contributed by atoms with Crippen LogP contribution in [0.4, 0.5) is 0 Å². The number of aromatic nitrogens is 1. The summed E-state index contributed by atoms with van der Waals surface area (Å²) < 4.78 is 13.8. The van der Waals surface area contributed by atoms with Gasteiger partial charge in [0, 0.05) is 57.1 Å². The molecule has 140 valence electrons. The van der Waals surface area contributed by atoms with Crippen LogP contribution in [0.1, 0.15) is 30.5 Å². The molecule has 0 fully saturated rings. The number of aliphatic imine (C=N–C) groups is 1. The van der Waals surface area contributed by atoms with Gasteiger partial charge in [0.1, 0.15) is 17.6 Å². The fraction of sp³-hybridized carbons (Fsp3) is 0.450. The average Bonchev–Trinajstić information content (AvgIpc) is 3.19. The lowest BCUT2D eigenvalue weighted by atomic mass is 10.1. The topological polar surface area (TPSA) is 59.8 Å². The highest BCUT2D eigenvalue weighted by molar-refractivity contribution is 5.79. The van der Waals surface area contributed by atoms with Crippen LogP contribution in [0.5, 0.6) is 11.5 Å². The highest BCUT2D eigenvalue weighted by Crippen LogP contribution is 2.35. The van der Waals surface area contributed by atoms with Crippen molar-refractivity contribution < 1.29 is 9.47 Å². The van der Waals surface area contributed by atoms with E-state index in [9.17, 15) is 0 Å². The molecule has 0 saturated heterocycles. The van der Waals surface area contributed by atoms with Crippen molar-refractivity contribution in [3.8, 4) is 11.5 Å². The number of fused-ring (bicyclic) bond motifs is 1. The Hall–Kier alpha value is -2.63. The van der Waals surface area contributed by atoms with Crippen LogP contribution in [0, 0.1) is 0 Å². The summed E-state index contributed by atoms with van der Waals surface area (Å²) in [6.07, 6.45) is 5.28. The van der Waals surface area contributed by atoms with Gasteiger partial charge < -0.3 is 24.7 Å². The molecule has 6 heteroatoms. The Bertz CT molecular complexity index is 782. The third-order valence-corrected chi connectivity index (χ3v) is 4.40. The third kappa shape index (κ3) is 4.31. The zero-order valence-electron chi connectivity index (χ0n) is 16.0. The van der Waals surface area contributed by atoms with E-state index in [0.717, 1.165) is 36.0 Å². The predicted molar refractivity (Wildman–Crippen MR) is 104 cm³/mol. The number of ether oxygens (including phenoxy) is 2. The van der Waals surface area contributed by atoms with E-state index < -0.39 is 0 Å². The molecule has 6 nitrogen and oxygen atoms in total. The summed E-state index contributed by atoms with van der Waals surface area (Å²) >= 11 is 0. The van der Waals surface area contributed by atoms with Gasteiger partial charge in [-0.05, 0) is 37.6 Å². The highest BCUT2D eigenvalue weighted by atomic mass is 16.5. The van der Waals surface area contributed by atoms with Crippen LogP contribution in [-0.4, -0.2) is 30.3 Å². The van der Waals surface area contributed by atoms with Crippen molar-refractivity contribution in [2.75, 3.05) is 13.7 Å². The zero-order valence-corrected chi connectivity index (χ0v) is 16.0. The van der Waals surface area contributed by atoms with Gasteiger partial charge in [-0.15, -0.1) is 0 Å². The fourth-order valence-electron chi connectivity index (χ4n) is 3.16. The van der Waals surface area contributed by atoms with Crippen molar-refractivity contribution in [3.63, 3.8) is 0 Å². The number of nitrogens with zero attached hydrogens (tertiary/aromatic N) is 2. The van der Waals surface area contributed by atoms with Crippen molar-refractivity contribution in [3.05, 3.63) is 47.3 Å². The number of nitrogens with one attached hydrogen (secondary N) is 2. The van der Waals surface area contributed by atoms with E-state index in [0.29, 0.717) is 13.2 Å². The summed E-state index contributed by atoms with van der Waals surface area (Å²) in [5.41, 5.74) is 3.50. The number of benzene rings is 1. The number of rotatable bonds is 6. The molecule has 0 spiro atoms. The van der Waals surface area contributed by atoms with Gasteiger partial charge in [0.25, 0.3) is 0 Å². The summed E-state index contributed by atoms with van der Waals surface area (Å²) in [6, 6.07) is 6.29. The Balaban J connectivity index is 1.64.